The van der Waals surface area contributed by atoms with Crippen LogP contribution in [0.5, 0.6) is 0 Å². The zero-order chi connectivity index (χ0) is 6.53. The normalized spacial score (nSPS) is 23.2. The van der Waals surface area contributed by atoms with E-state index in [1.807, 2.05) is 19.1 Å². The van der Waals surface area contributed by atoms with Crippen molar-refractivity contribution in [3.63, 3.8) is 0 Å². The second-order valence-corrected chi connectivity index (χ2v) is 1.99. The molecule has 0 spiro atoms. The lowest BCUT2D eigenvalue weighted by molar-refractivity contribution is -0.149. The van der Waals surface area contributed by atoms with E-state index < -0.39 is 0 Å². The molecule has 2 nitrogen and oxygen atoms in total. The molecule has 0 N–H and O–H groups in total. The number of allylic oxidation sites excluding steroid dienone is 1. The van der Waals surface area contributed by atoms with Crippen LogP contribution in [0.1, 0.15) is 13.3 Å². The molecule has 0 bridgehead atoms. The molecule has 0 radical (unpaired) electrons. The zero-order valence-corrected chi connectivity index (χ0v) is 5.67. The standard InChI is InChI=1S/C7H12O2/c1-2-4-7-8-5-3-6-9-7/h2,4,7H,3,5-6H2,1H3. The quantitative estimate of drug-likeness (QED) is 0.496. The van der Waals surface area contributed by atoms with Gasteiger partial charge in [-0.3, -0.25) is 0 Å². The topological polar surface area (TPSA) is 18.5 Å². The van der Waals surface area contributed by atoms with Gasteiger partial charge in [0, 0.05) is 0 Å². The molecule has 2 heteroatoms. The molecule has 9 heavy (non-hydrogen) atoms. The first-order valence-electron chi connectivity index (χ1n) is 3.29. The lowest BCUT2D eigenvalue weighted by atomic mass is 10.4. The van der Waals surface area contributed by atoms with Crippen molar-refractivity contribution in [1.29, 1.82) is 0 Å². The van der Waals surface area contributed by atoms with Crippen LogP contribution in [0, 0.1) is 0 Å². The molecule has 0 aromatic carbocycles. The van der Waals surface area contributed by atoms with Crippen LogP contribution >= 0.6 is 0 Å². The Kier molecular flexibility index (Phi) is 2.74. The molecular formula is C7H12O2. The molecule has 1 aliphatic rings. The zero-order valence-electron chi connectivity index (χ0n) is 5.67. The summed E-state index contributed by atoms with van der Waals surface area (Å²) in [4.78, 5) is 0. The summed E-state index contributed by atoms with van der Waals surface area (Å²) in [5.74, 6) is 0. The van der Waals surface area contributed by atoms with E-state index in [4.69, 9.17) is 9.47 Å². The van der Waals surface area contributed by atoms with Gasteiger partial charge in [-0.1, -0.05) is 6.08 Å². The third-order valence-electron chi connectivity index (χ3n) is 1.20. The summed E-state index contributed by atoms with van der Waals surface area (Å²) >= 11 is 0. The van der Waals surface area contributed by atoms with E-state index in [9.17, 15) is 0 Å². The number of ether oxygens (including phenoxy) is 2. The predicted molar refractivity (Wildman–Crippen MR) is 35.1 cm³/mol. The van der Waals surface area contributed by atoms with Crippen LogP contribution in [0.15, 0.2) is 12.2 Å². The fourth-order valence-electron chi connectivity index (χ4n) is 0.774. The van der Waals surface area contributed by atoms with Crippen molar-refractivity contribution in [2.45, 2.75) is 19.6 Å². The molecule has 0 unspecified atom stereocenters. The summed E-state index contributed by atoms with van der Waals surface area (Å²) in [6.45, 7) is 3.62. The predicted octanol–water partition coefficient (Wildman–Crippen LogP) is 1.33. The van der Waals surface area contributed by atoms with Crippen molar-refractivity contribution in [2.75, 3.05) is 13.2 Å². The SMILES string of the molecule is CC=CC1OCCCO1. The van der Waals surface area contributed by atoms with E-state index in [2.05, 4.69) is 0 Å². The van der Waals surface area contributed by atoms with Gasteiger partial charge in [0.1, 0.15) is 0 Å². The van der Waals surface area contributed by atoms with E-state index >= 15 is 0 Å². The monoisotopic (exact) mass is 128 g/mol. The molecule has 0 saturated carbocycles. The summed E-state index contributed by atoms with van der Waals surface area (Å²) in [5, 5.41) is 0. The Morgan fingerprint density at radius 1 is 1.33 bits per heavy atom. The lowest BCUT2D eigenvalue weighted by Gasteiger charge is -2.19. The van der Waals surface area contributed by atoms with E-state index in [1.165, 1.54) is 0 Å². The van der Waals surface area contributed by atoms with Crippen LogP contribution in [-0.4, -0.2) is 19.5 Å². The van der Waals surface area contributed by atoms with Gasteiger partial charge in [0.15, 0.2) is 6.29 Å². The number of rotatable bonds is 1. The fourth-order valence-corrected chi connectivity index (χ4v) is 0.774. The Labute approximate surface area is 55.5 Å². The minimum Gasteiger partial charge on any atom is -0.349 e. The highest BCUT2D eigenvalue weighted by Gasteiger charge is 2.08. The van der Waals surface area contributed by atoms with Crippen molar-refractivity contribution < 1.29 is 9.47 Å². The first-order valence-corrected chi connectivity index (χ1v) is 3.29. The molecular weight excluding hydrogens is 116 g/mol. The van der Waals surface area contributed by atoms with Crippen LogP contribution in [-0.2, 0) is 9.47 Å². The summed E-state index contributed by atoms with van der Waals surface area (Å²) in [5.41, 5.74) is 0. The number of hydrogen-bond donors (Lipinski definition) is 0. The lowest BCUT2D eigenvalue weighted by Crippen LogP contribution is -2.22. The Morgan fingerprint density at radius 3 is 2.56 bits per heavy atom. The van der Waals surface area contributed by atoms with Gasteiger partial charge in [-0.2, -0.15) is 0 Å². The van der Waals surface area contributed by atoms with Gasteiger partial charge < -0.3 is 9.47 Å². The Balaban J connectivity index is 2.23. The van der Waals surface area contributed by atoms with Crippen molar-refractivity contribution in [3.8, 4) is 0 Å². The minimum atomic E-state index is -0.0799. The van der Waals surface area contributed by atoms with Crippen molar-refractivity contribution >= 4 is 0 Å². The maximum atomic E-state index is 5.21. The Hall–Kier alpha value is -0.340. The maximum absolute atomic E-state index is 5.21. The van der Waals surface area contributed by atoms with Crippen molar-refractivity contribution in [1.82, 2.24) is 0 Å². The molecule has 1 fully saturated rings. The molecule has 0 aromatic heterocycles. The van der Waals surface area contributed by atoms with Gasteiger partial charge in [0.2, 0.25) is 0 Å². The maximum Gasteiger partial charge on any atom is 0.176 e. The summed E-state index contributed by atoms with van der Waals surface area (Å²) < 4.78 is 10.4. The molecule has 1 aliphatic heterocycles. The van der Waals surface area contributed by atoms with Gasteiger partial charge >= 0.3 is 0 Å². The van der Waals surface area contributed by atoms with Crippen molar-refractivity contribution in [3.05, 3.63) is 12.2 Å². The smallest absolute Gasteiger partial charge is 0.176 e. The molecule has 0 aliphatic carbocycles. The fraction of sp³-hybridized carbons (Fsp3) is 0.714. The minimum absolute atomic E-state index is 0.0799. The van der Waals surface area contributed by atoms with Gasteiger partial charge in [-0.05, 0) is 19.4 Å². The highest BCUT2D eigenvalue weighted by atomic mass is 16.7. The third kappa shape index (κ3) is 2.16. The molecule has 1 saturated heterocycles. The van der Waals surface area contributed by atoms with Crippen LogP contribution in [0.2, 0.25) is 0 Å². The molecule has 0 aromatic rings. The average molecular weight is 128 g/mol. The Morgan fingerprint density at radius 2 is 2.00 bits per heavy atom. The van der Waals surface area contributed by atoms with Crippen LogP contribution < -0.4 is 0 Å². The van der Waals surface area contributed by atoms with E-state index in [0.717, 1.165) is 19.6 Å². The largest absolute Gasteiger partial charge is 0.349 e. The van der Waals surface area contributed by atoms with Gasteiger partial charge in [0.05, 0.1) is 13.2 Å². The summed E-state index contributed by atoms with van der Waals surface area (Å²) in [6, 6.07) is 0. The number of hydrogen-bond acceptors (Lipinski definition) is 2. The van der Waals surface area contributed by atoms with Gasteiger partial charge in [0.25, 0.3) is 0 Å². The molecule has 1 heterocycles. The first-order chi connectivity index (χ1) is 4.43. The first kappa shape index (κ1) is 6.78. The average Bonchev–Trinajstić information content (AvgIpc) is 1.91. The van der Waals surface area contributed by atoms with E-state index in [-0.39, 0.29) is 6.29 Å². The van der Waals surface area contributed by atoms with Gasteiger partial charge in [-0.15, -0.1) is 0 Å². The third-order valence-corrected chi connectivity index (χ3v) is 1.20. The van der Waals surface area contributed by atoms with E-state index in [0.29, 0.717) is 0 Å². The second kappa shape index (κ2) is 3.64. The highest BCUT2D eigenvalue weighted by molar-refractivity contribution is 4.81. The van der Waals surface area contributed by atoms with Crippen LogP contribution in [0.3, 0.4) is 0 Å². The highest BCUT2D eigenvalue weighted by Crippen LogP contribution is 2.04. The molecule has 52 valence electrons. The Bertz CT molecular complexity index is 93.1. The molecule has 1 rings (SSSR count). The molecule has 0 atom stereocenters. The second-order valence-electron chi connectivity index (χ2n) is 1.99. The van der Waals surface area contributed by atoms with Gasteiger partial charge in [-0.25, -0.2) is 0 Å². The van der Waals surface area contributed by atoms with Crippen molar-refractivity contribution in [2.24, 2.45) is 0 Å². The summed E-state index contributed by atoms with van der Waals surface area (Å²) in [7, 11) is 0. The molecule has 0 amide bonds. The van der Waals surface area contributed by atoms with E-state index in [1.54, 1.807) is 0 Å². The van der Waals surface area contributed by atoms with Crippen LogP contribution in [0.25, 0.3) is 0 Å². The van der Waals surface area contributed by atoms with Crippen LogP contribution in [0.4, 0.5) is 0 Å². The summed E-state index contributed by atoms with van der Waals surface area (Å²) in [6.07, 6.45) is 4.80.